The number of hydrogen-bond donors (Lipinski definition) is 3. The van der Waals surface area contributed by atoms with Gasteiger partial charge in [-0.15, -0.1) is 11.3 Å². The number of aliphatic hydroxyl groups is 1. The van der Waals surface area contributed by atoms with E-state index in [2.05, 4.69) is 35.4 Å². The maximum absolute atomic E-state index is 10.8. The summed E-state index contributed by atoms with van der Waals surface area (Å²) in [5, 5.41) is 20.1. The Morgan fingerprint density at radius 1 is 1.12 bits per heavy atom. The third-order valence-corrected chi connectivity index (χ3v) is 7.25. The Balaban J connectivity index is 1.44. The molecule has 2 aromatic carbocycles. The molecule has 166 valence electrons. The first kappa shape index (κ1) is 21.1. The topological polar surface area (TPSA) is 72.8 Å². The Kier molecular flexibility index (Phi) is 5.95. The van der Waals surface area contributed by atoms with Crippen molar-refractivity contribution in [2.75, 3.05) is 25.0 Å². The van der Waals surface area contributed by atoms with Crippen molar-refractivity contribution in [3.8, 4) is 0 Å². The first-order valence-electron chi connectivity index (χ1n) is 11.3. The lowest BCUT2D eigenvalue weighted by molar-refractivity contribution is 0.136. The Morgan fingerprint density at radius 3 is 2.72 bits per heavy atom. The minimum absolute atomic E-state index is 0.166. The number of piperazine rings is 1. The number of hydrogen-bond acceptors (Lipinski definition) is 7. The van der Waals surface area contributed by atoms with Gasteiger partial charge in [0.2, 0.25) is 0 Å². The van der Waals surface area contributed by atoms with Gasteiger partial charge in [-0.2, -0.15) is 0 Å². The molecule has 1 aromatic heterocycles. The number of fused-ring (bicyclic) bond motifs is 2. The molecule has 6 nitrogen and oxygen atoms in total. The fraction of sp³-hybridized carbons (Fsp3) is 0.360. The quantitative estimate of drug-likeness (QED) is 0.536. The van der Waals surface area contributed by atoms with Gasteiger partial charge in [0, 0.05) is 31.6 Å². The molecule has 2 aliphatic rings. The van der Waals surface area contributed by atoms with Crippen LogP contribution in [-0.2, 0) is 0 Å². The number of thiazole rings is 1. The summed E-state index contributed by atoms with van der Waals surface area (Å²) < 4.78 is 0. The zero-order valence-electron chi connectivity index (χ0n) is 18.5. The van der Waals surface area contributed by atoms with Crippen molar-refractivity contribution in [3.05, 3.63) is 70.9 Å². The van der Waals surface area contributed by atoms with Gasteiger partial charge in [-0.1, -0.05) is 56.3 Å². The summed E-state index contributed by atoms with van der Waals surface area (Å²) >= 11 is 1.71. The second kappa shape index (κ2) is 9.02. The van der Waals surface area contributed by atoms with E-state index in [0.717, 1.165) is 58.1 Å². The first-order valence-corrected chi connectivity index (χ1v) is 12.1. The number of anilines is 2. The molecule has 2 atom stereocenters. The third-order valence-electron chi connectivity index (χ3n) is 5.98. The van der Waals surface area contributed by atoms with Crippen LogP contribution in [0, 0.1) is 0 Å². The third kappa shape index (κ3) is 4.28. The highest BCUT2D eigenvalue weighted by Crippen LogP contribution is 2.39. The van der Waals surface area contributed by atoms with E-state index in [1.165, 1.54) is 0 Å². The van der Waals surface area contributed by atoms with E-state index in [1.807, 2.05) is 48.5 Å². The van der Waals surface area contributed by atoms with Crippen molar-refractivity contribution in [1.82, 2.24) is 15.2 Å². The van der Waals surface area contributed by atoms with Crippen molar-refractivity contribution in [1.29, 1.82) is 0 Å². The van der Waals surface area contributed by atoms with Gasteiger partial charge in [0.15, 0.2) is 5.84 Å². The molecule has 0 aliphatic carbocycles. The molecule has 0 bridgehead atoms. The SMILES string of the molecule is CC(C)c1nc2c(s1)Nc1ccccc1N=C2N1CCN[C@H](C[C@H](O)c2ccccc2)C1. The zero-order chi connectivity index (χ0) is 22.1. The highest BCUT2D eigenvalue weighted by atomic mass is 32.1. The number of benzene rings is 2. The van der Waals surface area contributed by atoms with Crippen LogP contribution in [0.5, 0.6) is 0 Å². The summed E-state index contributed by atoms with van der Waals surface area (Å²) in [5.74, 6) is 1.28. The molecule has 2 aliphatic heterocycles. The summed E-state index contributed by atoms with van der Waals surface area (Å²) in [6, 6.07) is 18.2. The zero-order valence-corrected chi connectivity index (χ0v) is 19.3. The van der Waals surface area contributed by atoms with Gasteiger partial charge in [0.05, 0.1) is 22.5 Å². The molecule has 7 heteroatoms. The van der Waals surface area contributed by atoms with Gasteiger partial charge in [-0.25, -0.2) is 9.98 Å². The van der Waals surface area contributed by atoms with Crippen LogP contribution in [0.1, 0.15) is 48.6 Å². The van der Waals surface area contributed by atoms with Crippen LogP contribution in [0.15, 0.2) is 59.6 Å². The number of para-hydroxylation sites is 2. The minimum atomic E-state index is -0.491. The van der Waals surface area contributed by atoms with Gasteiger partial charge >= 0.3 is 0 Å². The molecule has 3 heterocycles. The van der Waals surface area contributed by atoms with E-state index < -0.39 is 6.10 Å². The Hall–Kier alpha value is -2.74. The van der Waals surface area contributed by atoms with Crippen LogP contribution >= 0.6 is 11.3 Å². The van der Waals surface area contributed by atoms with Crippen LogP contribution in [-0.4, -0.2) is 46.5 Å². The standard InChI is InChI=1S/C25H29N5OS/c1-16(2)24-29-22-23(27-19-10-6-7-11-20(19)28-25(22)32-24)30-13-12-26-18(15-30)14-21(31)17-8-4-3-5-9-17/h3-11,16,18,21,26,28,31H,12-15H2,1-2H3/t18-,21+/m1/s1. The number of nitrogens with one attached hydrogen (secondary N) is 2. The Labute approximate surface area is 193 Å². The molecule has 3 N–H and O–H groups in total. The summed E-state index contributed by atoms with van der Waals surface area (Å²) in [6.07, 6.45) is 0.165. The van der Waals surface area contributed by atoms with Gasteiger partial charge in [0.25, 0.3) is 0 Å². The minimum Gasteiger partial charge on any atom is -0.388 e. The molecule has 0 amide bonds. The van der Waals surface area contributed by atoms with Crippen LogP contribution in [0.3, 0.4) is 0 Å². The molecule has 0 spiro atoms. The lowest BCUT2D eigenvalue weighted by Crippen LogP contribution is -2.53. The average molecular weight is 448 g/mol. The predicted octanol–water partition coefficient (Wildman–Crippen LogP) is 4.80. The molecular formula is C25H29N5OS. The molecule has 0 saturated carbocycles. The molecule has 5 rings (SSSR count). The van der Waals surface area contributed by atoms with Crippen molar-refractivity contribution < 1.29 is 5.11 Å². The van der Waals surface area contributed by atoms with Crippen LogP contribution in [0.25, 0.3) is 0 Å². The summed E-state index contributed by atoms with van der Waals surface area (Å²) in [5.41, 5.74) is 3.82. The molecule has 1 fully saturated rings. The van der Waals surface area contributed by atoms with Crippen molar-refractivity contribution in [2.45, 2.75) is 38.3 Å². The van der Waals surface area contributed by atoms with E-state index in [-0.39, 0.29) is 6.04 Å². The largest absolute Gasteiger partial charge is 0.388 e. The van der Waals surface area contributed by atoms with Crippen LogP contribution in [0.2, 0.25) is 0 Å². The number of rotatable bonds is 4. The lowest BCUT2D eigenvalue weighted by Gasteiger charge is -2.36. The van der Waals surface area contributed by atoms with Gasteiger partial charge in [0.1, 0.15) is 10.7 Å². The smallest absolute Gasteiger partial charge is 0.158 e. The van der Waals surface area contributed by atoms with E-state index in [9.17, 15) is 5.11 Å². The van der Waals surface area contributed by atoms with E-state index in [1.54, 1.807) is 11.3 Å². The highest BCUT2D eigenvalue weighted by molar-refractivity contribution is 7.16. The molecule has 1 saturated heterocycles. The Morgan fingerprint density at radius 2 is 1.91 bits per heavy atom. The maximum Gasteiger partial charge on any atom is 0.158 e. The van der Waals surface area contributed by atoms with E-state index >= 15 is 0 Å². The first-order chi connectivity index (χ1) is 15.6. The molecule has 32 heavy (non-hydrogen) atoms. The number of aliphatic imine (C=N–C) groups is 1. The summed E-state index contributed by atoms with van der Waals surface area (Å²) in [7, 11) is 0. The van der Waals surface area contributed by atoms with Crippen LogP contribution < -0.4 is 10.6 Å². The normalized spacial score (nSPS) is 18.9. The second-order valence-electron chi connectivity index (χ2n) is 8.72. The highest BCUT2D eigenvalue weighted by Gasteiger charge is 2.30. The predicted molar refractivity (Wildman–Crippen MR) is 132 cm³/mol. The van der Waals surface area contributed by atoms with Crippen molar-refractivity contribution >= 4 is 33.5 Å². The van der Waals surface area contributed by atoms with E-state index in [0.29, 0.717) is 12.3 Å². The van der Waals surface area contributed by atoms with Crippen molar-refractivity contribution in [2.24, 2.45) is 4.99 Å². The number of aliphatic hydroxyl groups excluding tert-OH is 1. The average Bonchev–Trinajstić information content (AvgIpc) is 3.16. The molecule has 0 radical (unpaired) electrons. The van der Waals surface area contributed by atoms with Gasteiger partial charge in [-0.05, 0) is 24.1 Å². The molecule has 3 aromatic rings. The number of aromatic nitrogens is 1. The molecular weight excluding hydrogens is 418 g/mol. The van der Waals surface area contributed by atoms with E-state index in [4.69, 9.17) is 9.98 Å². The van der Waals surface area contributed by atoms with Crippen LogP contribution in [0.4, 0.5) is 16.4 Å². The maximum atomic E-state index is 10.8. The summed E-state index contributed by atoms with van der Waals surface area (Å²) in [6.45, 7) is 6.83. The monoisotopic (exact) mass is 447 g/mol. The fourth-order valence-electron chi connectivity index (χ4n) is 4.26. The Bertz CT molecular complexity index is 1110. The summed E-state index contributed by atoms with van der Waals surface area (Å²) in [4.78, 5) is 12.4. The fourth-order valence-corrected chi connectivity index (χ4v) is 5.24. The lowest BCUT2D eigenvalue weighted by atomic mass is 10.0. The van der Waals surface area contributed by atoms with Crippen molar-refractivity contribution in [3.63, 3.8) is 0 Å². The van der Waals surface area contributed by atoms with Gasteiger partial charge in [-0.3, -0.25) is 0 Å². The number of nitrogens with zero attached hydrogens (tertiary/aromatic N) is 3. The number of amidine groups is 1. The second-order valence-corrected chi connectivity index (χ2v) is 9.75. The molecule has 0 unspecified atom stereocenters. The van der Waals surface area contributed by atoms with Gasteiger partial charge < -0.3 is 20.6 Å².